The third-order valence-corrected chi connectivity index (χ3v) is 4.55. The first kappa shape index (κ1) is 13.1. The maximum atomic E-state index is 5.57. The van der Waals surface area contributed by atoms with E-state index in [1.54, 1.807) is 0 Å². The number of rotatable bonds is 3. The van der Waals surface area contributed by atoms with Gasteiger partial charge in [-0.15, -0.1) is 0 Å². The van der Waals surface area contributed by atoms with E-state index in [-0.39, 0.29) is 0 Å². The smallest absolute Gasteiger partial charge is 0.169 e. The molecular weight excluding hydrogens is 228 g/mol. The summed E-state index contributed by atoms with van der Waals surface area (Å²) in [5, 5.41) is 4.52. The highest BCUT2D eigenvalue weighted by molar-refractivity contribution is 7.80. The molecule has 0 atom stereocenters. The van der Waals surface area contributed by atoms with Crippen LogP contribution in [0.4, 0.5) is 0 Å². The van der Waals surface area contributed by atoms with Crippen LogP contribution in [-0.4, -0.2) is 28.6 Å². The van der Waals surface area contributed by atoms with Crippen molar-refractivity contribution in [3.05, 3.63) is 6.92 Å². The Morgan fingerprint density at radius 2 is 1.65 bits per heavy atom. The number of hydrogen-bond acceptors (Lipinski definition) is 1. The molecule has 0 saturated heterocycles. The third-order valence-electron chi connectivity index (χ3n) is 4.20. The summed E-state index contributed by atoms with van der Waals surface area (Å²) in [6.07, 6.45) is 12.0. The fraction of sp³-hybridized carbons (Fsp3) is 0.857. The molecule has 2 nitrogen and oxygen atoms in total. The van der Waals surface area contributed by atoms with Crippen LogP contribution < -0.4 is 5.32 Å². The van der Waals surface area contributed by atoms with Crippen molar-refractivity contribution in [1.29, 1.82) is 0 Å². The first-order chi connectivity index (χ1) is 8.31. The van der Waals surface area contributed by atoms with Crippen molar-refractivity contribution in [1.82, 2.24) is 10.2 Å². The Balaban J connectivity index is 1.83. The predicted molar refractivity (Wildman–Crippen MR) is 76.9 cm³/mol. The number of nitrogens with zero attached hydrogens (tertiary/aromatic N) is 1. The molecule has 3 heteroatoms. The van der Waals surface area contributed by atoms with Crippen molar-refractivity contribution < 1.29 is 0 Å². The van der Waals surface area contributed by atoms with E-state index in [4.69, 9.17) is 12.2 Å². The Hall–Kier alpha value is -0.310. The minimum atomic E-state index is 0.617. The summed E-state index contributed by atoms with van der Waals surface area (Å²) in [5.41, 5.74) is 0. The lowest BCUT2D eigenvalue weighted by Gasteiger charge is -2.33. The molecule has 0 aliphatic heterocycles. The van der Waals surface area contributed by atoms with Gasteiger partial charge in [-0.3, -0.25) is 0 Å². The summed E-state index contributed by atoms with van der Waals surface area (Å²) in [6, 6.07) is 1.27. The second-order valence-corrected chi connectivity index (χ2v) is 5.80. The molecule has 0 aromatic carbocycles. The van der Waals surface area contributed by atoms with Gasteiger partial charge in [-0.05, 0) is 44.8 Å². The van der Waals surface area contributed by atoms with Crippen LogP contribution in [0.2, 0.25) is 0 Å². The second kappa shape index (κ2) is 6.58. The van der Waals surface area contributed by atoms with Gasteiger partial charge in [-0.25, -0.2) is 0 Å². The summed E-state index contributed by atoms with van der Waals surface area (Å²) in [5.74, 6) is 0. The molecule has 2 aliphatic carbocycles. The van der Waals surface area contributed by atoms with E-state index in [1.807, 2.05) is 0 Å². The van der Waals surface area contributed by atoms with Gasteiger partial charge in [0.15, 0.2) is 5.11 Å². The van der Waals surface area contributed by atoms with Crippen LogP contribution in [0.1, 0.15) is 57.8 Å². The Labute approximate surface area is 111 Å². The van der Waals surface area contributed by atoms with Gasteiger partial charge in [0.05, 0.1) is 0 Å². The van der Waals surface area contributed by atoms with E-state index in [0.29, 0.717) is 12.1 Å². The number of nitrogens with one attached hydrogen (secondary N) is 1. The maximum absolute atomic E-state index is 5.57. The van der Waals surface area contributed by atoms with Gasteiger partial charge in [0.25, 0.3) is 0 Å². The summed E-state index contributed by atoms with van der Waals surface area (Å²) in [4.78, 5) is 2.32. The molecule has 2 rings (SSSR count). The highest BCUT2D eigenvalue weighted by atomic mass is 32.1. The van der Waals surface area contributed by atoms with E-state index in [2.05, 4.69) is 17.1 Å². The average molecular weight is 253 g/mol. The van der Waals surface area contributed by atoms with Crippen molar-refractivity contribution in [2.45, 2.75) is 69.9 Å². The van der Waals surface area contributed by atoms with Gasteiger partial charge < -0.3 is 10.2 Å². The van der Waals surface area contributed by atoms with Crippen molar-refractivity contribution >= 4 is 17.3 Å². The molecule has 0 aromatic heterocycles. The van der Waals surface area contributed by atoms with Crippen LogP contribution in [0.5, 0.6) is 0 Å². The van der Waals surface area contributed by atoms with E-state index >= 15 is 0 Å². The van der Waals surface area contributed by atoms with Crippen LogP contribution in [0.3, 0.4) is 0 Å². The van der Waals surface area contributed by atoms with E-state index in [0.717, 1.165) is 11.7 Å². The average Bonchev–Trinajstić information content (AvgIpc) is 2.85. The van der Waals surface area contributed by atoms with Crippen LogP contribution in [-0.2, 0) is 0 Å². The van der Waals surface area contributed by atoms with Gasteiger partial charge in [0.1, 0.15) is 0 Å². The van der Waals surface area contributed by atoms with Crippen molar-refractivity contribution in [3.63, 3.8) is 0 Å². The molecule has 2 fully saturated rings. The molecule has 0 amide bonds. The first-order valence-electron chi connectivity index (χ1n) is 7.17. The highest BCUT2D eigenvalue weighted by Gasteiger charge is 2.24. The standard InChI is InChI=1S/C14H25N2S/c1-2-16(13-10-6-7-11-13)14(17)15-12-8-4-3-5-9-12/h12-13H,1-11H2,(H,15,17). The van der Waals surface area contributed by atoms with E-state index < -0.39 is 0 Å². The molecule has 0 aromatic rings. The Morgan fingerprint density at radius 1 is 1.06 bits per heavy atom. The lowest BCUT2D eigenvalue weighted by Crippen LogP contribution is -2.48. The Kier molecular flexibility index (Phi) is 5.08. The van der Waals surface area contributed by atoms with E-state index in [1.165, 1.54) is 57.8 Å². The van der Waals surface area contributed by atoms with Gasteiger partial charge in [-0.2, -0.15) is 0 Å². The summed E-state index contributed by atoms with van der Waals surface area (Å²) < 4.78 is 0. The molecule has 0 unspecified atom stereocenters. The molecule has 0 heterocycles. The van der Waals surface area contributed by atoms with Crippen molar-refractivity contribution in [3.8, 4) is 0 Å². The summed E-state index contributed by atoms with van der Waals surface area (Å²) >= 11 is 5.57. The van der Waals surface area contributed by atoms with Crippen LogP contribution in [0.15, 0.2) is 0 Å². The molecule has 1 radical (unpaired) electrons. The number of hydrogen-bond donors (Lipinski definition) is 1. The predicted octanol–water partition coefficient (Wildman–Crippen LogP) is 3.27. The van der Waals surface area contributed by atoms with E-state index in [9.17, 15) is 0 Å². The van der Waals surface area contributed by atoms with Crippen molar-refractivity contribution in [2.75, 3.05) is 6.54 Å². The van der Waals surface area contributed by atoms with Crippen molar-refractivity contribution in [2.24, 2.45) is 0 Å². The number of thiocarbonyl (C=S) groups is 1. The minimum Gasteiger partial charge on any atom is -0.360 e. The quantitative estimate of drug-likeness (QED) is 0.777. The molecular formula is C14H25N2S. The van der Waals surface area contributed by atoms with Crippen LogP contribution in [0, 0.1) is 6.92 Å². The molecule has 17 heavy (non-hydrogen) atoms. The largest absolute Gasteiger partial charge is 0.360 e. The molecule has 0 spiro atoms. The fourth-order valence-electron chi connectivity index (χ4n) is 3.17. The SMILES string of the molecule is [CH2]CN(C(=S)NC1CCCCC1)C1CCCC1. The minimum absolute atomic E-state index is 0.617. The fourth-order valence-corrected chi connectivity index (χ4v) is 3.58. The zero-order chi connectivity index (χ0) is 12.1. The van der Waals surface area contributed by atoms with Gasteiger partial charge in [0.2, 0.25) is 0 Å². The highest BCUT2D eigenvalue weighted by Crippen LogP contribution is 2.24. The molecule has 2 saturated carbocycles. The molecule has 0 bridgehead atoms. The topological polar surface area (TPSA) is 15.3 Å². The first-order valence-corrected chi connectivity index (χ1v) is 7.58. The lowest BCUT2D eigenvalue weighted by molar-refractivity contribution is 0.322. The molecule has 1 N–H and O–H groups in total. The summed E-state index contributed by atoms with van der Waals surface area (Å²) in [7, 11) is 0. The zero-order valence-electron chi connectivity index (χ0n) is 10.8. The normalized spacial score (nSPS) is 22.6. The van der Waals surface area contributed by atoms with Gasteiger partial charge >= 0.3 is 0 Å². The molecule has 97 valence electrons. The third kappa shape index (κ3) is 3.57. The lowest BCUT2D eigenvalue weighted by atomic mass is 9.96. The van der Waals surface area contributed by atoms with Gasteiger partial charge in [-0.1, -0.05) is 32.1 Å². The summed E-state index contributed by atoms with van der Waals surface area (Å²) in [6.45, 7) is 4.85. The second-order valence-electron chi connectivity index (χ2n) is 5.42. The van der Waals surface area contributed by atoms with Gasteiger partial charge in [0, 0.05) is 18.6 Å². The zero-order valence-corrected chi connectivity index (χ0v) is 11.6. The Bertz CT molecular complexity index is 243. The van der Waals surface area contributed by atoms with Crippen LogP contribution >= 0.6 is 12.2 Å². The maximum Gasteiger partial charge on any atom is 0.169 e. The molecule has 2 aliphatic rings. The Morgan fingerprint density at radius 3 is 2.24 bits per heavy atom. The van der Waals surface area contributed by atoms with Crippen LogP contribution in [0.25, 0.3) is 0 Å². The monoisotopic (exact) mass is 253 g/mol.